The molecule has 5 aromatic rings. The zero-order valence-electron chi connectivity index (χ0n) is 23.6. The average molecular weight is 585 g/mol. The Hall–Kier alpha value is -4.74. The number of carbonyl (C=O) groups is 2. The molecule has 0 aliphatic carbocycles. The number of thiophene rings is 1. The molecular formula is C31H32N6O4S. The SMILES string of the molecule is CCCCc1cc(NC(=O)Nc2ccc(Oc3ccnc(NC(=O)COC)c3)c3ccccc23)n(-c2cc(C)cs2)n1. The number of nitrogens with zero attached hydrogens (tertiary/aromatic N) is 3. The first-order chi connectivity index (χ1) is 20.4. The van der Waals surface area contributed by atoms with Crippen molar-refractivity contribution >= 4 is 51.4 Å². The molecule has 2 aromatic carbocycles. The first-order valence-corrected chi connectivity index (χ1v) is 14.5. The number of benzene rings is 2. The molecule has 0 aliphatic rings. The number of nitrogens with one attached hydrogen (secondary N) is 3. The van der Waals surface area contributed by atoms with Gasteiger partial charge in [-0.05, 0) is 55.0 Å². The Kier molecular flexibility index (Phi) is 9.10. The Labute approximate surface area is 247 Å². The molecule has 0 unspecified atom stereocenters. The van der Waals surface area contributed by atoms with Crippen molar-refractivity contribution in [1.82, 2.24) is 14.8 Å². The summed E-state index contributed by atoms with van der Waals surface area (Å²) < 4.78 is 12.8. The Morgan fingerprint density at radius 1 is 1.00 bits per heavy atom. The van der Waals surface area contributed by atoms with E-state index in [1.807, 2.05) is 37.3 Å². The van der Waals surface area contributed by atoms with Crippen LogP contribution < -0.4 is 20.7 Å². The van der Waals surface area contributed by atoms with Crippen molar-refractivity contribution in [2.75, 3.05) is 29.7 Å². The second-order valence-electron chi connectivity index (χ2n) is 9.69. The van der Waals surface area contributed by atoms with Crippen molar-refractivity contribution in [3.63, 3.8) is 0 Å². The minimum absolute atomic E-state index is 0.0739. The summed E-state index contributed by atoms with van der Waals surface area (Å²) in [6.45, 7) is 4.11. The van der Waals surface area contributed by atoms with Gasteiger partial charge in [0, 0.05) is 36.2 Å². The first-order valence-electron chi connectivity index (χ1n) is 13.6. The van der Waals surface area contributed by atoms with Gasteiger partial charge < -0.3 is 20.1 Å². The number of hydrogen-bond donors (Lipinski definition) is 3. The van der Waals surface area contributed by atoms with Gasteiger partial charge in [0.2, 0.25) is 0 Å². The molecule has 0 bridgehead atoms. The van der Waals surface area contributed by atoms with Crippen molar-refractivity contribution in [2.45, 2.75) is 33.1 Å². The molecule has 0 spiro atoms. The van der Waals surface area contributed by atoms with Crippen molar-refractivity contribution in [2.24, 2.45) is 0 Å². The summed E-state index contributed by atoms with van der Waals surface area (Å²) in [4.78, 5) is 29.3. The number of carbonyl (C=O) groups excluding carboxylic acids is 2. The fourth-order valence-corrected chi connectivity index (χ4v) is 5.28. The molecule has 0 fully saturated rings. The van der Waals surface area contributed by atoms with E-state index in [4.69, 9.17) is 14.6 Å². The molecule has 3 aromatic heterocycles. The highest BCUT2D eigenvalue weighted by Crippen LogP contribution is 2.35. The summed E-state index contributed by atoms with van der Waals surface area (Å²) in [6, 6.07) is 18.2. The minimum atomic E-state index is -0.379. The van der Waals surface area contributed by atoms with Crippen LogP contribution in [0.2, 0.25) is 0 Å². The molecule has 0 aliphatic heterocycles. The third-order valence-electron chi connectivity index (χ3n) is 6.35. The standard InChI is InChI=1S/C31H32N6O4S/c1-4-5-8-21-16-28(37(36-21)30-15-20(2)19-42-30)35-31(39)33-25-11-12-26(24-10-7-6-9-23(24)25)41-22-13-14-32-27(17-22)34-29(38)18-40-3/h6-7,9-17,19H,4-5,8,18H2,1-3H3,(H,32,34,38)(H2,33,35,39). The number of urea groups is 1. The number of rotatable bonds is 11. The van der Waals surface area contributed by atoms with Gasteiger partial charge in [0.1, 0.15) is 34.7 Å². The van der Waals surface area contributed by atoms with E-state index in [9.17, 15) is 9.59 Å². The summed E-state index contributed by atoms with van der Waals surface area (Å²) >= 11 is 1.58. The Morgan fingerprint density at radius 3 is 2.60 bits per heavy atom. The highest BCUT2D eigenvalue weighted by molar-refractivity contribution is 7.12. The van der Waals surface area contributed by atoms with Gasteiger partial charge in [-0.25, -0.2) is 14.5 Å². The zero-order chi connectivity index (χ0) is 29.5. The predicted molar refractivity (Wildman–Crippen MR) is 166 cm³/mol. The highest BCUT2D eigenvalue weighted by atomic mass is 32.1. The largest absolute Gasteiger partial charge is 0.457 e. The van der Waals surface area contributed by atoms with Gasteiger partial charge in [0.15, 0.2) is 0 Å². The van der Waals surface area contributed by atoms with Crippen molar-refractivity contribution < 1.29 is 19.1 Å². The van der Waals surface area contributed by atoms with Crippen LogP contribution in [-0.4, -0.2) is 40.4 Å². The number of aryl methyl sites for hydroxylation is 2. The topological polar surface area (TPSA) is 119 Å². The van der Waals surface area contributed by atoms with E-state index in [0.29, 0.717) is 28.8 Å². The summed E-state index contributed by atoms with van der Waals surface area (Å²) in [7, 11) is 1.45. The predicted octanol–water partition coefficient (Wildman–Crippen LogP) is 7.15. The molecule has 11 heteroatoms. The van der Waals surface area contributed by atoms with E-state index < -0.39 is 0 Å². The molecule has 3 amide bonds. The number of ether oxygens (including phenoxy) is 2. The van der Waals surface area contributed by atoms with Gasteiger partial charge in [-0.15, -0.1) is 11.3 Å². The molecular weight excluding hydrogens is 552 g/mol. The van der Waals surface area contributed by atoms with E-state index in [0.717, 1.165) is 46.3 Å². The van der Waals surface area contributed by atoms with Crippen LogP contribution in [0.25, 0.3) is 15.8 Å². The summed E-state index contributed by atoms with van der Waals surface area (Å²) in [6.07, 6.45) is 4.48. The van der Waals surface area contributed by atoms with E-state index in [2.05, 4.69) is 39.3 Å². The van der Waals surface area contributed by atoms with Crippen LogP contribution >= 0.6 is 11.3 Å². The maximum Gasteiger partial charge on any atom is 0.324 e. The third-order valence-corrected chi connectivity index (χ3v) is 7.37. The maximum absolute atomic E-state index is 13.2. The molecule has 0 atom stereocenters. The average Bonchev–Trinajstić information content (AvgIpc) is 3.59. The van der Waals surface area contributed by atoms with Crippen LogP contribution in [0.4, 0.5) is 22.1 Å². The third kappa shape index (κ3) is 6.93. The maximum atomic E-state index is 13.2. The fraction of sp³-hybridized carbons (Fsp3) is 0.226. The molecule has 0 radical (unpaired) electrons. The Morgan fingerprint density at radius 2 is 1.83 bits per heavy atom. The second kappa shape index (κ2) is 13.3. The van der Waals surface area contributed by atoms with Crippen molar-refractivity contribution in [1.29, 1.82) is 0 Å². The molecule has 3 heterocycles. The number of fused-ring (bicyclic) bond motifs is 1. The van der Waals surface area contributed by atoms with Gasteiger partial charge in [-0.2, -0.15) is 5.10 Å². The number of amides is 3. The molecule has 0 saturated heterocycles. The van der Waals surface area contributed by atoms with Gasteiger partial charge >= 0.3 is 6.03 Å². The first kappa shape index (κ1) is 28.8. The molecule has 10 nitrogen and oxygen atoms in total. The minimum Gasteiger partial charge on any atom is -0.457 e. The second-order valence-corrected chi connectivity index (χ2v) is 10.6. The number of unbranched alkanes of at least 4 members (excludes halogenated alkanes) is 1. The Bertz CT molecular complexity index is 1710. The summed E-state index contributed by atoms with van der Waals surface area (Å²) in [5.74, 6) is 1.73. The van der Waals surface area contributed by atoms with Crippen LogP contribution in [0.3, 0.4) is 0 Å². The zero-order valence-corrected chi connectivity index (χ0v) is 24.5. The van der Waals surface area contributed by atoms with Crippen molar-refractivity contribution in [3.05, 3.63) is 83.5 Å². The van der Waals surface area contributed by atoms with Crippen LogP contribution in [0, 0.1) is 6.92 Å². The highest BCUT2D eigenvalue weighted by Gasteiger charge is 2.16. The number of anilines is 3. The lowest BCUT2D eigenvalue weighted by Crippen LogP contribution is -2.21. The van der Waals surface area contributed by atoms with E-state index in [1.165, 1.54) is 7.11 Å². The van der Waals surface area contributed by atoms with Gasteiger partial charge in [0.25, 0.3) is 5.91 Å². The van der Waals surface area contributed by atoms with Gasteiger partial charge in [0.05, 0.1) is 11.4 Å². The van der Waals surface area contributed by atoms with Gasteiger partial charge in [-0.3, -0.25) is 10.1 Å². The normalized spacial score (nSPS) is 10.9. The molecule has 216 valence electrons. The van der Waals surface area contributed by atoms with Crippen LogP contribution in [-0.2, 0) is 16.0 Å². The fourth-order valence-electron chi connectivity index (χ4n) is 4.41. The number of hydrogen-bond acceptors (Lipinski definition) is 7. The van der Waals surface area contributed by atoms with Crippen LogP contribution in [0.1, 0.15) is 31.0 Å². The van der Waals surface area contributed by atoms with E-state index in [-0.39, 0.29) is 18.5 Å². The van der Waals surface area contributed by atoms with E-state index in [1.54, 1.807) is 46.5 Å². The molecule has 0 saturated carbocycles. The summed E-state index contributed by atoms with van der Waals surface area (Å²) in [5.41, 5.74) is 2.70. The van der Waals surface area contributed by atoms with E-state index >= 15 is 0 Å². The van der Waals surface area contributed by atoms with Crippen molar-refractivity contribution in [3.8, 4) is 16.5 Å². The monoisotopic (exact) mass is 584 g/mol. The quantitative estimate of drug-likeness (QED) is 0.152. The lowest BCUT2D eigenvalue weighted by atomic mass is 10.1. The van der Waals surface area contributed by atoms with Crippen LogP contribution in [0.5, 0.6) is 11.5 Å². The van der Waals surface area contributed by atoms with Gasteiger partial charge in [-0.1, -0.05) is 37.6 Å². The Balaban J connectivity index is 1.35. The smallest absolute Gasteiger partial charge is 0.324 e. The lowest BCUT2D eigenvalue weighted by molar-refractivity contribution is -0.119. The summed E-state index contributed by atoms with van der Waals surface area (Å²) in [5, 5.41) is 18.0. The van der Waals surface area contributed by atoms with Crippen LogP contribution in [0.15, 0.2) is 72.2 Å². The molecule has 3 N–H and O–H groups in total. The number of aromatic nitrogens is 3. The molecule has 42 heavy (non-hydrogen) atoms. The number of pyridine rings is 1. The lowest BCUT2D eigenvalue weighted by Gasteiger charge is -2.14. The molecule has 5 rings (SSSR count). The number of methoxy groups -OCH3 is 1.